The third kappa shape index (κ3) is 3.11. The number of aryl methyl sites for hydroxylation is 1. The van der Waals surface area contributed by atoms with Crippen LogP contribution < -0.4 is 0 Å². The zero-order valence-corrected chi connectivity index (χ0v) is 12.0. The molecule has 2 aromatic rings. The first-order valence-electron chi connectivity index (χ1n) is 5.53. The van der Waals surface area contributed by atoms with E-state index in [9.17, 15) is 0 Å². The highest BCUT2D eigenvalue weighted by molar-refractivity contribution is 9.10. The fourth-order valence-corrected chi connectivity index (χ4v) is 1.66. The molecule has 0 spiro atoms. The average Bonchev–Trinajstić information content (AvgIpc) is 2.78. The van der Waals surface area contributed by atoms with Gasteiger partial charge in [-0.05, 0) is 36.8 Å². The molecular weight excluding hydrogens is 298 g/mol. The lowest BCUT2D eigenvalue weighted by Gasteiger charge is -2.20. The molecular formula is C11H14BrN5O. The highest BCUT2D eigenvalue weighted by atomic mass is 79.9. The summed E-state index contributed by atoms with van der Waals surface area (Å²) in [5, 5.41) is 3.79. The molecule has 0 N–H and O–H groups in total. The molecule has 0 aliphatic carbocycles. The molecule has 18 heavy (non-hydrogen) atoms. The molecule has 6 nitrogen and oxygen atoms in total. The highest BCUT2D eigenvalue weighted by Crippen LogP contribution is 2.18. The Balaban J connectivity index is 2.03. The number of aromatic nitrogens is 4. The van der Waals surface area contributed by atoms with Gasteiger partial charge in [0.05, 0.1) is 17.1 Å². The lowest BCUT2D eigenvalue weighted by Crippen LogP contribution is -2.23. The minimum Gasteiger partial charge on any atom is -0.338 e. The third-order valence-electron chi connectivity index (χ3n) is 2.63. The van der Waals surface area contributed by atoms with Crippen molar-refractivity contribution in [2.75, 3.05) is 7.05 Å². The molecule has 2 heterocycles. The Morgan fingerprint density at radius 3 is 2.61 bits per heavy atom. The van der Waals surface area contributed by atoms with Gasteiger partial charge >= 0.3 is 0 Å². The predicted molar refractivity (Wildman–Crippen MR) is 68.6 cm³/mol. The van der Waals surface area contributed by atoms with Gasteiger partial charge in [0.1, 0.15) is 5.82 Å². The van der Waals surface area contributed by atoms with Crippen LogP contribution in [0.1, 0.15) is 30.5 Å². The van der Waals surface area contributed by atoms with Crippen molar-refractivity contribution < 1.29 is 4.52 Å². The van der Waals surface area contributed by atoms with Crippen molar-refractivity contribution in [3.8, 4) is 0 Å². The smallest absolute Gasteiger partial charge is 0.243 e. The molecule has 0 fully saturated rings. The monoisotopic (exact) mass is 311 g/mol. The number of rotatable bonds is 4. The van der Waals surface area contributed by atoms with Gasteiger partial charge in [-0.25, -0.2) is 9.97 Å². The van der Waals surface area contributed by atoms with Gasteiger partial charge in [0.15, 0.2) is 5.82 Å². The molecule has 0 aliphatic heterocycles. The van der Waals surface area contributed by atoms with Crippen molar-refractivity contribution in [3.05, 3.63) is 34.4 Å². The van der Waals surface area contributed by atoms with E-state index in [1.807, 2.05) is 14.0 Å². The van der Waals surface area contributed by atoms with Crippen molar-refractivity contribution in [1.29, 1.82) is 0 Å². The Hall–Kier alpha value is -1.34. The summed E-state index contributed by atoms with van der Waals surface area (Å²) in [6.45, 7) is 4.43. The molecule has 2 aromatic heterocycles. The Bertz CT molecular complexity index is 512. The molecule has 7 heteroatoms. The molecule has 1 atom stereocenters. The topological polar surface area (TPSA) is 67.9 Å². The van der Waals surface area contributed by atoms with Crippen molar-refractivity contribution in [2.24, 2.45) is 0 Å². The molecule has 0 amide bonds. The quantitative estimate of drug-likeness (QED) is 0.861. The van der Waals surface area contributed by atoms with Crippen molar-refractivity contribution in [2.45, 2.75) is 26.4 Å². The van der Waals surface area contributed by atoms with Crippen molar-refractivity contribution >= 4 is 15.9 Å². The first kappa shape index (κ1) is 13.1. The summed E-state index contributed by atoms with van der Waals surface area (Å²) >= 11 is 3.31. The van der Waals surface area contributed by atoms with Crippen LogP contribution in [0.25, 0.3) is 0 Å². The van der Waals surface area contributed by atoms with Gasteiger partial charge < -0.3 is 4.52 Å². The molecule has 0 aromatic carbocycles. The molecule has 0 saturated carbocycles. The molecule has 96 valence electrons. The van der Waals surface area contributed by atoms with Crippen molar-refractivity contribution in [3.63, 3.8) is 0 Å². The van der Waals surface area contributed by atoms with Crippen LogP contribution in [0.5, 0.6) is 0 Å². The molecule has 2 rings (SSSR count). The normalized spacial score (nSPS) is 12.9. The maximum absolute atomic E-state index is 5.15. The Morgan fingerprint density at radius 2 is 2.06 bits per heavy atom. The van der Waals surface area contributed by atoms with Gasteiger partial charge in [-0.2, -0.15) is 4.98 Å². The van der Waals surface area contributed by atoms with E-state index < -0.39 is 0 Å². The largest absolute Gasteiger partial charge is 0.338 e. The van der Waals surface area contributed by atoms with E-state index >= 15 is 0 Å². The summed E-state index contributed by atoms with van der Waals surface area (Å²) in [7, 11) is 1.97. The van der Waals surface area contributed by atoms with E-state index in [1.165, 1.54) is 0 Å². The number of hydrogen-bond acceptors (Lipinski definition) is 6. The van der Waals surface area contributed by atoms with E-state index in [4.69, 9.17) is 4.52 Å². The van der Waals surface area contributed by atoms with E-state index in [0.29, 0.717) is 18.3 Å². The molecule has 0 radical (unpaired) electrons. The zero-order chi connectivity index (χ0) is 13.1. The van der Waals surface area contributed by atoms with Crippen LogP contribution in [0.3, 0.4) is 0 Å². The van der Waals surface area contributed by atoms with E-state index in [-0.39, 0.29) is 6.04 Å². The van der Waals surface area contributed by atoms with Gasteiger partial charge in [-0.15, -0.1) is 0 Å². The zero-order valence-electron chi connectivity index (χ0n) is 10.5. The van der Waals surface area contributed by atoms with Crippen LogP contribution in [-0.2, 0) is 6.54 Å². The lowest BCUT2D eigenvalue weighted by atomic mass is 10.3. The standard InChI is InChI=1S/C11H14BrN5O/c1-7(11-15-8(2)16-18-11)17(3)6-10-13-4-9(12)5-14-10/h4-5,7H,6H2,1-3H3. The second-order valence-corrected chi connectivity index (χ2v) is 5.00. The number of hydrogen-bond donors (Lipinski definition) is 0. The van der Waals surface area contributed by atoms with E-state index in [2.05, 4.69) is 40.9 Å². The Labute approximate surface area is 114 Å². The van der Waals surface area contributed by atoms with Crippen LogP contribution >= 0.6 is 15.9 Å². The maximum atomic E-state index is 5.15. The summed E-state index contributed by atoms with van der Waals surface area (Å²) in [4.78, 5) is 14.7. The summed E-state index contributed by atoms with van der Waals surface area (Å²) in [6.07, 6.45) is 3.47. The highest BCUT2D eigenvalue weighted by Gasteiger charge is 2.18. The minimum absolute atomic E-state index is 0.0263. The van der Waals surface area contributed by atoms with Crippen LogP contribution in [-0.4, -0.2) is 32.1 Å². The van der Waals surface area contributed by atoms with E-state index in [0.717, 1.165) is 10.3 Å². The Kier molecular flexibility index (Phi) is 4.03. The van der Waals surface area contributed by atoms with Crippen LogP contribution in [0.2, 0.25) is 0 Å². The third-order valence-corrected chi connectivity index (χ3v) is 3.04. The number of nitrogens with zero attached hydrogens (tertiary/aromatic N) is 5. The number of halogens is 1. The van der Waals surface area contributed by atoms with Crippen LogP contribution in [0.15, 0.2) is 21.4 Å². The molecule has 0 bridgehead atoms. The summed E-state index contributed by atoms with van der Waals surface area (Å²) < 4.78 is 6.02. The van der Waals surface area contributed by atoms with Gasteiger partial charge in [-0.3, -0.25) is 4.90 Å². The summed E-state index contributed by atoms with van der Waals surface area (Å²) in [5.41, 5.74) is 0. The van der Waals surface area contributed by atoms with Crippen LogP contribution in [0.4, 0.5) is 0 Å². The SMILES string of the molecule is Cc1noc(C(C)N(C)Cc2ncc(Br)cn2)n1. The first-order valence-corrected chi connectivity index (χ1v) is 6.32. The molecule has 1 unspecified atom stereocenters. The fourth-order valence-electron chi connectivity index (χ4n) is 1.45. The predicted octanol–water partition coefficient (Wildman–Crippen LogP) is 2.12. The molecule has 0 saturated heterocycles. The second kappa shape index (κ2) is 5.53. The van der Waals surface area contributed by atoms with Gasteiger partial charge in [-0.1, -0.05) is 5.16 Å². The first-order chi connectivity index (χ1) is 8.56. The van der Waals surface area contributed by atoms with Crippen molar-refractivity contribution in [1.82, 2.24) is 25.0 Å². The fraction of sp³-hybridized carbons (Fsp3) is 0.455. The average molecular weight is 312 g/mol. The summed E-state index contributed by atoms with van der Waals surface area (Å²) in [6, 6.07) is 0.0263. The Morgan fingerprint density at radius 1 is 1.39 bits per heavy atom. The van der Waals surface area contributed by atoms with Gasteiger partial charge in [0.2, 0.25) is 5.89 Å². The van der Waals surface area contributed by atoms with Gasteiger partial charge in [0, 0.05) is 12.4 Å². The minimum atomic E-state index is 0.0263. The van der Waals surface area contributed by atoms with Gasteiger partial charge in [0.25, 0.3) is 0 Å². The maximum Gasteiger partial charge on any atom is 0.243 e. The lowest BCUT2D eigenvalue weighted by molar-refractivity contribution is 0.198. The second-order valence-electron chi connectivity index (χ2n) is 4.09. The van der Waals surface area contributed by atoms with Crippen LogP contribution in [0, 0.1) is 6.92 Å². The summed E-state index contributed by atoms with van der Waals surface area (Å²) in [5.74, 6) is 2.00. The van der Waals surface area contributed by atoms with E-state index in [1.54, 1.807) is 19.3 Å². The molecule has 0 aliphatic rings.